The van der Waals surface area contributed by atoms with Gasteiger partial charge < -0.3 is 40.5 Å². The molecule has 234 valence electrons. The average Bonchev–Trinajstić information content (AvgIpc) is 3.25. The van der Waals surface area contributed by atoms with Crippen LogP contribution in [-0.4, -0.2) is 72.7 Å². The molecule has 1 aliphatic rings. The fourth-order valence-corrected chi connectivity index (χ4v) is 6.31. The van der Waals surface area contributed by atoms with Gasteiger partial charge >= 0.3 is 29.2 Å². The summed E-state index contributed by atoms with van der Waals surface area (Å²) in [5.74, 6) is 10.9. The monoisotopic (exact) mass is 667 g/mol. The molecule has 43 heavy (non-hydrogen) atoms. The molecule has 2 aromatic heterocycles. The lowest BCUT2D eigenvalue weighted by atomic mass is 10.2. The van der Waals surface area contributed by atoms with Crippen molar-refractivity contribution in [1.29, 1.82) is 0 Å². The number of hydrogen-bond acceptors (Lipinski definition) is 13. The third kappa shape index (κ3) is 11.3. The summed E-state index contributed by atoms with van der Waals surface area (Å²) in [6.45, 7) is -0.0696. The lowest BCUT2D eigenvalue weighted by Gasteiger charge is -2.19. The van der Waals surface area contributed by atoms with E-state index in [9.17, 15) is 32.7 Å². The Kier molecular flexibility index (Phi) is 11.9. The number of hydrogen-bond donors (Lipinski definition) is 6. The highest BCUT2D eigenvalue weighted by atomic mass is 31.3. The highest BCUT2D eigenvalue weighted by Crippen LogP contribution is 2.66. The number of anilines is 1. The number of nitrogens with zero attached hydrogens (tertiary/aromatic N) is 3. The number of phosphoric acid groups is 3. The number of nitrogens with two attached hydrogens (primary N) is 2. The minimum absolute atomic E-state index is 0.0799. The van der Waals surface area contributed by atoms with Crippen LogP contribution in [-0.2, 0) is 36.3 Å². The minimum atomic E-state index is -5.76. The van der Waals surface area contributed by atoms with Crippen LogP contribution >= 0.6 is 23.5 Å². The van der Waals surface area contributed by atoms with E-state index in [-0.39, 0.29) is 18.0 Å². The quantitative estimate of drug-likeness (QED) is 0.104. The number of ether oxygens (including phenoxy) is 2. The predicted molar refractivity (Wildman–Crippen MR) is 143 cm³/mol. The highest BCUT2D eigenvalue weighted by Gasteiger charge is 2.43. The van der Waals surface area contributed by atoms with Crippen molar-refractivity contribution in [2.24, 2.45) is 5.73 Å². The molecule has 22 heteroatoms. The number of rotatable bonds is 11. The zero-order chi connectivity index (χ0) is 31.8. The van der Waals surface area contributed by atoms with Crippen LogP contribution in [0.25, 0.3) is 0 Å². The number of alkyl halides is 1. The third-order valence-electron chi connectivity index (χ3n) is 5.03. The van der Waals surface area contributed by atoms with Crippen LogP contribution in [0.5, 0.6) is 0 Å². The van der Waals surface area contributed by atoms with Gasteiger partial charge in [-0.1, -0.05) is 17.8 Å². The second-order valence-electron chi connectivity index (χ2n) is 8.32. The number of nitrogen functional groups attached to an aromatic ring is 1. The predicted octanol–water partition coefficient (Wildman–Crippen LogP) is -0.0840. The van der Waals surface area contributed by atoms with Gasteiger partial charge in [-0.25, -0.2) is 27.9 Å². The Morgan fingerprint density at radius 2 is 1.86 bits per heavy atom. The maximum atomic E-state index is 14.6. The van der Waals surface area contributed by atoms with Gasteiger partial charge in [-0.05, 0) is 18.1 Å². The Morgan fingerprint density at radius 3 is 2.51 bits per heavy atom. The van der Waals surface area contributed by atoms with E-state index in [0.717, 1.165) is 4.57 Å². The molecule has 5 unspecified atom stereocenters. The number of pyridine rings is 1. The van der Waals surface area contributed by atoms with Crippen LogP contribution in [0.15, 0.2) is 29.3 Å². The molecule has 0 amide bonds. The smallest absolute Gasteiger partial charge is 0.382 e. The molecule has 1 fully saturated rings. The number of aromatic nitrogens is 3. The van der Waals surface area contributed by atoms with Crippen molar-refractivity contribution in [2.75, 3.05) is 32.1 Å². The van der Waals surface area contributed by atoms with E-state index in [1.165, 1.54) is 12.4 Å². The van der Waals surface area contributed by atoms with Crippen LogP contribution in [0.1, 0.15) is 29.5 Å². The Morgan fingerprint density at radius 1 is 1.12 bits per heavy atom. The van der Waals surface area contributed by atoms with Crippen molar-refractivity contribution in [3.05, 3.63) is 51.8 Å². The molecule has 0 bridgehead atoms. The van der Waals surface area contributed by atoms with Crippen molar-refractivity contribution in [3.63, 3.8) is 0 Å². The zero-order valence-electron chi connectivity index (χ0n) is 21.8. The van der Waals surface area contributed by atoms with Gasteiger partial charge in [-0.3, -0.25) is 9.09 Å². The first-order valence-corrected chi connectivity index (χ1v) is 16.3. The molecule has 0 aliphatic carbocycles. The first kappa shape index (κ1) is 34.7. The molecule has 0 spiro atoms. The lowest BCUT2D eigenvalue weighted by molar-refractivity contribution is -0.0349. The molecule has 3 heterocycles. The normalized spacial score (nSPS) is 21.1. The summed E-state index contributed by atoms with van der Waals surface area (Å²) in [5.41, 5.74) is 11.2. The maximum Gasteiger partial charge on any atom is 0.490 e. The molecule has 8 N–H and O–H groups in total. The van der Waals surface area contributed by atoms with E-state index in [1.54, 1.807) is 12.1 Å². The van der Waals surface area contributed by atoms with E-state index in [2.05, 4.69) is 46.8 Å². The Bertz CT molecular complexity index is 1630. The molecule has 3 rings (SSSR count). The highest BCUT2D eigenvalue weighted by molar-refractivity contribution is 7.66. The topological polar surface area (TPSA) is 278 Å². The molecule has 0 radical (unpaired) electrons. The fraction of sp³-hybridized carbons (Fsp3) is 0.381. The summed E-state index contributed by atoms with van der Waals surface area (Å²) < 4.78 is 71.7. The zero-order valence-corrected chi connectivity index (χ0v) is 24.4. The first-order chi connectivity index (χ1) is 20.1. The molecule has 2 aromatic rings. The van der Waals surface area contributed by atoms with Gasteiger partial charge in [-0.2, -0.15) is 13.6 Å². The molecular weight excluding hydrogens is 642 g/mol. The summed E-state index contributed by atoms with van der Waals surface area (Å²) in [7, 11) is -16.9. The van der Waals surface area contributed by atoms with E-state index in [0.29, 0.717) is 24.4 Å². The summed E-state index contributed by atoms with van der Waals surface area (Å²) in [4.78, 5) is 56.2. The van der Waals surface area contributed by atoms with Gasteiger partial charge in [-0.15, -0.1) is 0 Å². The van der Waals surface area contributed by atoms with Gasteiger partial charge in [0.1, 0.15) is 36.6 Å². The van der Waals surface area contributed by atoms with Crippen LogP contribution in [0.2, 0.25) is 0 Å². The van der Waals surface area contributed by atoms with Crippen LogP contribution in [0.4, 0.5) is 10.2 Å². The molecule has 18 nitrogen and oxygen atoms in total. The summed E-state index contributed by atoms with van der Waals surface area (Å²) in [5, 5.41) is 0. The largest absolute Gasteiger partial charge is 0.490 e. The molecule has 0 saturated carbocycles. The van der Waals surface area contributed by atoms with Gasteiger partial charge in [0.05, 0.1) is 18.8 Å². The van der Waals surface area contributed by atoms with Crippen LogP contribution < -0.4 is 17.2 Å². The Balaban J connectivity index is 1.67. The van der Waals surface area contributed by atoms with Crippen molar-refractivity contribution in [1.82, 2.24) is 14.5 Å². The van der Waals surface area contributed by atoms with E-state index in [1.807, 2.05) is 0 Å². The maximum absolute atomic E-state index is 14.6. The molecular formula is C21H25FN5O13P3. The van der Waals surface area contributed by atoms with Crippen LogP contribution in [0, 0.1) is 23.7 Å². The fourth-order valence-electron chi connectivity index (χ4n) is 3.28. The van der Waals surface area contributed by atoms with Crippen molar-refractivity contribution in [3.8, 4) is 23.7 Å². The Labute approximate surface area is 242 Å². The van der Waals surface area contributed by atoms with Crippen LogP contribution in [0.3, 0.4) is 0 Å². The molecule has 1 aliphatic heterocycles. The van der Waals surface area contributed by atoms with Crippen molar-refractivity contribution < 1.29 is 60.3 Å². The molecule has 5 atom stereocenters. The summed E-state index contributed by atoms with van der Waals surface area (Å²) >= 11 is 0. The Hall–Kier alpha value is -2.83. The minimum Gasteiger partial charge on any atom is -0.382 e. The van der Waals surface area contributed by atoms with Crippen molar-refractivity contribution >= 4 is 29.3 Å². The molecule has 1 saturated heterocycles. The second kappa shape index (κ2) is 14.8. The van der Waals surface area contributed by atoms with Gasteiger partial charge in [0.25, 0.3) is 0 Å². The van der Waals surface area contributed by atoms with E-state index in [4.69, 9.17) is 30.7 Å². The number of phosphoric ester groups is 1. The average molecular weight is 667 g/mol. The first-order valence-electron chi connectivity index (χ1n) is 11.8. The van der Waals surface area contributed by atoms with E-state index >= 15 is 0 Å². The van der Waals surface area contributed by atoms with Gasteiger partial charge in [0.15, 0.2) is 0 Å². The summed E-state index contributed by atoms with van der Waals surface area (Å²) in [6.07, 6.45) is -2.59. The summed E-state index contributed by atoms with van der Waals surface area (Å²) in [6, 6.07) is 3.26. The number of halogens is 1. The van der Waals surface area contributed by atoms with Gasteiger partial charge in [0.2, 0.25) is 0 Å². The molecule has 0 aromatic carbocycles. The van der Waals surface area contributed by atoms with E-state index < -0.39 is 60.7 Å². The SMILES string of the molecule is NCCOCC#Cc1ccc(C#Cc2cn(C3CC(F)C(COP(=O)(O)OP(=O)(O)OP(=O)(O)O)O3)c(=O)nc2N)cn1. The third-order valence-corrected chi connectivity index (χ3v) is 8.83. The second-order valence-corrected chi connectivity index (χ2v) is 12.7. The van der Waals surface area contributed by atoms with Crippen molar-refractivity contribution in [2.45, 2.75) is 24.9 Å². The lowest BCUT2D eigenvalue weighted by Crippen LogP contribution is -2.29. The van der Waals surface area contributed by atoms with Gasteiger partial charge in [0, 0.05) is 30.9 Å². The standard InChI is InChI=1S/C21H25FN5O13P3/c22-17-10-19(38-18(17)13-37-42(32,33)40-43(34,35)39-41(29,30)31)27-12-15(20(24)26-21(27)28)5-3-14-4-6-16(25-11-14)2-1-8-36-9-7-23/h4,6,11-12,17-19H,7-10,13,23H2,(H,32,33)(H,34,35)(H2,24,26,28)(H2,29,30,31).